The second-order valence-electron chi connectivity index (χ2n) is 5.97. The predicted octanol–water partition coefficient (Wildman–Crippen LogP) is 2.85. The molecule has 0 radical (unpaired) electrons. The Labute approximate surface area is 145 Å². The highest BCUT2D eigenvalue weighted by Gasteiger charge is 2.24. The molecule has 1 fully saturated rings. The molecule has 1 saturated heterocycles. The number of amides is 2. The summed E-state index contributed by atoms with van der Waals surface area (Å²) in [6.45, 7) is 1.19. The van der Waals surface area contributed by atoms with Gasteiger partial charge < -0.3 is 14.6 Å². The molecule has 0 unspecified atom stereocenters. The molecule has 0 saturated carbocycles. The van der Waals surface area contributed by atoms with Gasteiger partial charge in [-0.1, -0.05) is 12.1 Å². The maximum atomic E-state index is 12.8. The average Bonchev–Trinajstić information content (AvgIpc) is 3.16. The van der Waals surface area contributed by atoms with Crippen LogP contribution in [0.1, 0.15) is 28.8 Å². The van der Waals surface area contributed by atoms with Crippen LogP contribution < -0.4 is 5.32 Å². The molecule has 1 aliphatic rings. The molecule has 130 valence electrons. The third-order valence-corrected chi connectivity index (χ3v) is 4.19. The van der Waals surface area contributed by atoms with Gasteiger partial charge in [0.05, 0.1) is 11.8 Å². The van der Waals surface area contributed by atoms with Gasteiger partial charge in [0.2, 0.25) is 5.91 Å². The molecule has 2 heterocycles. The van der Waals surface area contributed by atoms with Crippen molar-refractivity contribution in [2.75, 3.05) is 13.1 Å². The predicted molar refractivity (Wildman–Crippen MR) is 91.2 cm³/mol. The van der Waals surface area contributed by atoms with Gasteiger partial charge in [-0.3, -0.25) is 9.59 Å². The molecular weight excluding hydrogens is 323 g/mol. The van der Waals surface area contributed by atoms with Crippen molar-refractivity contribution in [2.24, 2.45) is 0 Å². The monoisotopic (exact) mass is 342 g/mol. The molecule has 6 heteroatoms. The normalized spacial score (nSPS) is 15.5. The van der Waals surface area contributed by atoms with Crippen LogP contribution in [0.5, 0.6) is 0 Å². The summed E-state index contributed by atoms with van der Waals surface area (Å²) in [7, 11) is 0. The van der Waals surface area contributed by atoms with Crippen LogP contribution in [0, 0.1) is 5.82 Å². The second-order valence-corrected chi connectivity index (χ2v) is 5.97. The number of halogens is 1. The maximum absolute atomic E-state index is 12.8. The summed E-state index contributed by atoms with van der Waals surface area (Å²) in [5.41, 5.74) is 1.31. The van der Waals surface area contributed by atoms with E-state index in [4.69, 9.17) is 4.42 Å². The smallest absolute Gasteiger partial charge is 0.257 e. The second kappa shape index (κ2) is 7.79. The third-order valence-electron chi connectivity index (χ3n) is 4.19. The lowest BCUT2D eigenvalue weighted by Crippen LogP contribution is -2.46. The van der Waals surface area contributed by atoms with E-state index in [0.29, 0.717) is 31.5 Å². The number of piperidine rings is 1. The fourth-order valence-corrected chi connectivity index (χ4v) is 2.79. The van der Waals surface area contributed by atoms with Crippen molar-refractivity contribution in [3.8, 4) is 0 Å². The van der Waals surface area contributed by atoms with Gasteiger partial charge >= 0.3 is 0 Å². The van der Waals surface area contributed by atoms with Crippen LogP contribution in [0.15, 0.2) is 53.4 Å². The van der Waals surface area contributed by atoms with Gasteiger partial charge in [-0.25, -0.2) is 4.39 Å². The van der Waals surface area contributed by atoms with Gasteiger partial charge in [0, 0.05) is 25.2 Å². The fraction of sp³-hybridized carbons (Fsp3) is 0.263. The van der Waals surface area contributed by atoms with Gasteiger partial charge in [0.25, 0.3) is 5.91 Å². The Hall–Kier alpha value is -2.89. The lowest BCUT2D eigenvalue weighted by Gasteiger charge is -2.32. The number of benzene rings is 1. The molecule has 2 amide bonds. The fourth-order valence-electron chi connectivity index (χ4n) is 2.79. The Balaban J connectivity index is 1.46. The molecule has 2 aromatic rings. The Morgan fingerprint density at radius 2 is 1.88 bits per heavy atom. The summed E-state index contributed by atoms with van der Waals surface area (Å²) in [6, 6.07) is 7.61. The van der Waals surface area contributed by atoms with Gasteiger partial charge in [-0.2, -0.15) is 0 Å². The first kappa shape index (κ1) is 17.0. The molecule has 1 aromatic heterocycles. The summed E-state index contributed by atoms with van der Waals surface area (Å²) in [5.74, 6) is -0.544. The van der Waals surface area contributed by atoms with Crippen molar-refractivity contribution >= 4 is 17.9 Å². The van der Waals surface area contributed by atoms with E-state index in [9.17, 15) is 14.0 Å². The molecule has 1 N–H and O–H groups in total. The molecule has 0 bridgehead atoms. The number of hydrogen-bond donors (Lipinski definition) is 1. The third kappa shape index (κ3) is 4.56. The molecular formula is C19H19FN2O3. The Morgan fingerprint density at radius 3 is 2.52 bits per heavy atom. The van der Waals surface area contributed by atoms with E-state index in [1.54, 1.807) is 29.2 Å². The van der Waals surface area contributed by atoms with E-state index in [1.165, 1.54) is 30.7 Å². The van der Waals surface area contributed by atoms with Crippen molar-refractivity contribution < 1.29 is 18.4 Å². The van der Waals surface area contributed by atoms with Gasteiger partial charge in [0.15, 0.2) is 0 Å². The van der Waals surface area contributed by atoms with Gasteiger partial charge in [-0.05, 0) is 42.7 Å². The Kier molecular flexibility index (Phi) is 5.28. The van der Waals surface area contributed by atoms with E-state index in [-0.39, 0.29) is 23.7 Å². The number of nitrogens with one attached hydrogen (secondary N) is 1. The molecule has 0 atom stereocenters. The van der Waals surface area contributed by atoms with Crippen molar-refractivity contribution in [1.29, 1.82) is 0 Å². The number of likely N-dealkylation sites (tertiary alicyclic amines) is 1. The number of nitrogens with zero attached hydrogens (tertiary/aromatic N) is 1. The SMILES string of the molecule is O=C(/C=C/c1ccc(F)cc1)NC1CCN(C(=O)c2ccoc2)CC1. The molecule has 3 rings (SSSR count). The Bertz CT molecular complexity index is 745. The molecule has 5 nitrogen and oxygen atoms in total. The molecule has 1 aromatic carbocycles. The van der Waals surface area contributed by atoms with Gasteiger partial charge in [-0.15, -0.1) is 0 Å². The zero-order valence-electron chi connectivity index (χ0n) is 13.7. The van der Waals surface area contributed by atoms with Crippen molar-refractivity contribution in [1.82, 2.24) is 10.2 Å². The van der Waals surface area contributed by atoms with Crippen molar-refractivity contribution in [3.63, 3.8) is 0 Å². The number of rotatable bonds is 4. The van der Waals surface area contributed by atoms with Crippen LogP contribution in [0.4, 0.5) is 4.39 Å². The van der Waals surface area contributed by atoms with Crippen LogP contribution in [-0.4, -0.2) is 35.8 Å². The number of furan rings is 1. The minimum Gasteiger partial charge on any atom is -0.472 e. The summed E-state index contributed by atoms with van der Waals surface area (Å²) >= 11 is 0. The number of hydrogen-bond acceptors (Lipinski definition) is 3. The minimum absolute atomic E-state index is 0.0405. The maximum Gasteiger partial charge on any atom is 0.257 e. The highest BCUT2D eigenvalue weighted by atomic mass is 19.1. The quantitative estimate of drug-likeness (QED) is 0.869. The average molecular weight is 342 g/mol. The summed E-state index contributed by atoms with van der Waals surface area (Å²) in [4.78, 5) is 26.0. The van der Waals surface area contributed by atoms with Crippen LogP contribution in [0.3, 0.4) is 0 Å². The van der Waals surface area contributed by atoms with Crippen LogP contribution >= 0.6 is 0 Å². The minimum atomic E-state index is -0.307. The highest BCUT2D eigenvalue weighted by molar-refractivity contribution is 5.94. The van der Waals surface area contributed by atoms with Gasteiger partial charge in [0.1, 0.15) is 12.1 Å². The van der Waals surface area contributed by atoms with E-state index in [0.717, 1.165) is 5.56 Å². The lowest BCUT2D eigenvalue weighted by atomic mass is 10.0. The van der Waals surface area contributed by atoms with Crippen molar-refractivity contribution in [3.05, 3.63) is 65.9 Å². The van der Waals surface area contributed by atoms with E-state index in [1.807, 2.05) is 0 Å². The Morgan fingerprint density at radius 1 is 1.16 bits per heavy atom. The zero-order chi connectivity index (χ0) is 17.6. The molecule has 1 aliphatic heterocycles. The van der Waals surface area contributed by atoms with Crippen LogP contribution in [0.25, 0.3) is 6.08 Å². The van der Waals surface area contributed by atoms with Crippen molar-refractivity contribution in [2.45, 2.75) is 18.9 Å². The van der Waals surface area contributed by atoms with E-state index in [2.05, 4.69) is 5.32 Å². The van der Waals surface area contributed by atoms with E-state index >= 15 is 0 Å². The summed E-state index contributed by atoms with van der Waals surface area (Å²) in [6.07, 6.45) is 7.42. The number of carbonyl (C=O) groups excluding carboxylic acids is 2. The largest absolute Gasteiger partial charge is 0.472 e. The first-order chi connectivity index (χ1) is 12.1. The standard InChI is InChI=1S/C19H19FN2O3/c20-16-4-1-14(2-5-16)3-6-18(23)21-17-7-10-22(11-8-17)19(24)15-9-12-25-13-15/h1-6,9,12-13,17H,7-8,10-11H2,(H,21,23)/b6-3+. The van der Waals surface area contributed by atoms with E-state index < -0.39 is 0 Å². The topological polar surface area (TPSA) is 62.6 Å². The first-order valence-electron chi connectivity index (χ1n) is 8.17. The van der Waals surface area contributed by atoms with Crippen LogP contribution in [-0.2, 0) is 4.79 Å². The van der Waals surface area contributed by atoms with Crippen LogP contribution in [0.2, 0.25) is 0 Å². The first-order valence-corrected chi connectivity index (χ1v) is 8.17. The number of carbonyl (C=O) groups is 2. The zero-order valence-corrected chi connectivity index (χ0v) is 13.7. The molecule has 25 heavy (non-hydrogen) atoms. The lowest BCUT2D eigenvalue weighted by molar-refractivity contribution is -0.117. The molecule has 0 spiro atoms. The summed E-state index contributed by atoms with van der Waals surface area (Å²) < 4.78 is 17.8. The summed E-state index contributed by atoms with van der Waals surface area (Å²) in [5, 5.41) is 2.94. The highest BCUT2D eigenvalue weighted by Crippen LogP contribution is 2.14. The molecule has 0 aliphatic carbocycles.